The third kappa shape index (κ3) is 4.71. The zero-order valence-electron chi connectivity index (χ0n) is 16.3. The van der Waals surface area contributed by atoms with Gasteiger partial charge in [0.25, 0.3) is 0 Å². The number of rotatable bonds is 2. The van der Waals surface area contributed by atoms with Crippen LogP contribution in [0.3, 0.4) is 0 Å². The normalized spacial score (nSPS) is 25.1. The van der Waals surface area contributed by atoms with Crippen molar-refractivity contribution in [3.05, 3.63) is 35.9 Å². The smallest absolute Gasteiger partial charge is 0.410 e. The topological polar surface area (TPSA) is 85.1 Å². The summed E-state index contributed by atoms with van der Waals surface area (Å²) in [4.78, 5) is 28.1. The van der Waals surface area contributed by atoms with Gasteiger partial charge >= 0.3 is 12.2 Å². The van der Waals surface area contributed by atoms with E-state index in [9.17, 15) is 9.59 Å². The molecule has 0 aliphatic carbocycles. The summed E-state index contributed by atoms with van der Waals surface area (Å²) in [5.41, 5.74) is 6.49. The molecule has 2 atom stereocenters. The molecular formula is C20H29N3O4. The lowest BCUT2D eigenvalue weighted by Gasteiger charge is -2.40. The van der Waals surface area contributed by atoms with E-state index in [-0.39, 0.29) is 24.7 Å². The molecule has 2 aliphatic rings. The van der Waals surface area contributed by atoms with E-state index < -0.39 is 11.1 Å². The third-order valence-corrected chi connectivity index (χ3v) is 5.14. The van der Waals surface area contributed by atoms with Crippen molar-refractivity contribution in [3.63, 3.8) is 0 Å². The Morgan fingerprint density at radius 1 is 1.15 bits per heavy atom. The highest BCUT2D eigenvalue weighted by molar-refractivity contribution is 5.70. The molecule has 3 rings (SSSR count). The van der Waals surface area contributed by atoms with Crippen LogP contribution in [-0.4, -0.2) is 59.3 Å². The van der Waals surface area contributed by atoms with Crippen LogP contribution in [-0.2, 0) is 16.1 Å². The third-order valence-electron chi connectivity index (χ3n) is 5.14. The SMILES string of the molecule is CC(C)(C)OC(=O)N1CC2CN(C(=O)OCc3ccccc3)CCC2(N)C1. The van der Waals surface area contributed by atoms with Crippen LogP contribution >= 0.6 is 0 Å². The van der Waals surface area contributed by atoms with Crippen molar-refractivity contribution in [2.45, 2.75) is 44.9 Å². The molecule has 0 spiro atoms. The Hall–Kier alpha value is -2.28. The molecule has 0 aromatic heterocycles. The summed E-state index contributed by atoms with van der Waals surface area (Å²) in [6, 6.07) is 9.59. The Bertz CT molecular complexity index is 688. The number of likely N-dealkylation sites (tertiary alicyclic amines) is 2. The second-order valence-electron chi connectivity index (χ2n) is 8.53. The fourth-order valence-electron chi connectivity index (χ4n) is 3.66. The summed E-state index contributed by atoms with van der Waals surface area (Å²) >= 11 is 0. The number of carbonyl (C=O) groups is 2. The van der Waals surface area contributed by atoms with E-state index in [1.54, 1.807) is 9.80 Å². The van der Waals surface area contributed by atoms with Crippen molar-refractivity contribution < 1.29 is 19.1 Å². The zero-order chi connectivity index (χ0) is 19.7. The minimum absolute atomic E-state index is 0.0167. The maximum atomic E-state index is 12.4. The van der Waals surface area contributed by atoms with E-state index in [0.29, 0.717) is 32.6 Å². The summed E-state index contributed by atoms with van der Waals surface area (Å²) in [6.45, 7) is 7.75. The van der Waals surface area contributed by atoms with Crippen LogP contribution in [0.4, 0.5) is 9.59 Å². The van der Waals surface area contributed by atoms with E-state index in [1.165, 1.54) is 0 Å². The predicted molar refractivity (Wildman–Crippen MR) is 101 cm³/mol. The maximum Gasteiger partial charge on any atom is 0.410 e. The predicted octanol–water partition coefficient (Wildman–Crippen LogP) is 2.59. The summed E-state index contributed by atoms with van der Waals surface area (Å²) < 4.78 is 10.9. The first kappa shape index (κ1) is 19.5. The van der Waals surface area contributed by atoms with Crippen LogP contribution in [0.5, 0.6) is 0 Å². The number of nitrogens with zero attached hydrogens (tertiary/aromatic N) is 2. The van der Waals surface area contributed by atoms with Crippen molar-refractivity contribution >= 4 is 12.2 Å². The number of hydrogen-bond acceptors (Lipinski definition) is 5. The van der Waals surface area contributed by atoms with Crippen LogP contribution in [0.15, 0.2) is 30.3 Å². The average molecular weight is 375 g/mol. The van der Waals surface area contributed by atoms with E-state index in [2.05, 4.69) is 0 Å². The first-order valence-electron chi connectivity index (χ1n) is 9.39. The number of nitrogens with two attached hydrogens (primary N) is 1. The van der Waals surface area contributed by atoms with E-state index in [0.717, 1.165) is 5.56 Å². The second-order valence-corrected chi connectivity index (χ2v) is 8.53. The molecule has 148 valence electrons. The molecule has 2 heterocycles. The number of fused-ring (bicyclic) bond motifs is 1. The first-order valence-corrected chi connectivity index (χ1v) is 9.39. The molecule has 2 amide bonds. The highest BCUT2D eigenvalue weighted by atomic mass is 16.6. The highest BCUT2D eigenvalue weighted by Crippen LogP contribution is 2.34. The molecule has 2 unspecified atom stereocenters. The lowest BCUT2D eigenvalue weighted by Crippen LogP contribution is -2.58. The van der Waals surface area contributed by atoms with Gasteiger partial charge in [0.05, 0.1) is 0 Å². The van der Waals surface area contributed by atoms with Gasteiger partial charge in [-0.1, -0.05) is 30.3 Å². The summed E-state index contributed by atoms with van der Waals surface area (Å²) in [7, 11) is 0. The number of carbonyl (C=O) groups excluding carboxylic acids is 2. The van der Waals surface area contributed by atoms with Crippen LogP contribution in [0, 0.1) is 5.92 Å². The van der Waals surface area contributed by atoms with Crippen molar-refractivity contribution in [1.29, 1.82) is 0 Å². The van der Waals surface area contributed by atoms with Crippen LogP contribution in [0.25, 0.3) is 0 Å². The number of hydrogen-bond donors (Lipinski definition) is 1. The van der Waals surface area contributed by atoms with Gasteiger partial charge in [0.2, 0.25) is 0 Å². The van der Waals surface area contributed by atoms with Gasteiger partial charge in [-0.2, -0.15) is 0 Å². The molecule has 2 aliphatic heterocycles. The molecule has 2 saturated heterocycles. The monoisotopic (exact) mass is 375 g/mol. The van der Waals surface area contributed by atoms with Gasteiger partial charge in [0.1, 0.15) is 12.2 Å². The number of benzene rings is 1. The van der Waals surface area contributed by atoms with Crippen molar-refractivity contribution in [1.82, 2.24) is 9.80 Å². The Labute approximate surface area is 160 Å². The van der Waals surface area contributed by atoms with Crippen LogP contribution in [0.2, 0.25) is 0 Å². The molecule has 2 fully saturated rings. The highest BCUT2D eigenvalue weighted by Gasteiger charge is 2.49. The van der Waals surface area contributed by atoms with Gasteiger partial charge in [0.15, 0.2) is 0 Å². The fraction of sp³-hybridized carbons (Fsp3) is 0.600. The Balaban J connectivity index is 1.55. The molecule has 0 bridgehead atoms. The number of ether oxygens (including phenoxy) is 2. The molecule has 7 nitrogen and oxygen atoms in total. The standard InChI is InChI=1S/C20H29N3O4/c1-19(2,3)27-18(25)23-12-16-11-22(10-9-20(16,21)14-23)17(24)26-13-15-7-5-4-6-8-15/h4-8,16H,9-14,21H2,1-3H3. The minimum atomic E-state index is -0.542. The minimum Gasteiger partial charge on any atom is -0.445 e. The molecule has 0 radical (unpaired) electrons. The van der Waals surface area contributed by atoms with E-state index in [1.807, 2.05) is 51.1 Å². The van der Waals surface area contributed by atoms with E-state index in [4.69, 9.17) is 15.2 Å². The number of piperidine rings is 1. The van der Waals surface area contributed by atoms with Crippen molar-refractivity contribution in [2.24, 2.45) is 11.7 Å². The molecule has 2 N–H and O–H groups in total. The Morgan fingerprint density at radius 2 is 1.81 bits per heavy atom. The molecule has 7 heteroatoms. The lowest BCUT2D eigenvalue weighted by atomic mass is 9.81. The average Bonchev–Trinajstić information content (AvgIpc) is 2.96. The van der Waals surface area contributed by atoms with Gasteiger partial charge in [-0.3, -0.25) is 0 Å². The Kier molecular flexibility index (Phi) is 5.33. The van der Waals surface area contributed by atoms with Gasteiger partial charge < -0.3 is 25.0 Å². The quantitative estimate of drug-likeness (QED) is 0.859. The molecule has 27 heavy (non-hydrogen) atoms. The van der Waals surface area contributed by atoms with Crippen molar-refractivity contribution in [2.75, 3.05) is 26.2 Å². The molecular weight excluding hydrogens is 346 g/mol. The molecule has 0 saturated carbocycles. The summed E-state index contributed by atoms with van der Waals surface area (Å²) in [6.07, 6.45) is -0.0474. The van der Waals surface area contributed by atoms with Gasteiger partial charge in [-0.15, -0.1) is 0 Å². The van der Waals surface area contributed by atoms with Gasteiger partial charge in [-0.05, 0) is 32.8 Å². The van der Waals surface area contributed by atoms with Crippen LogP contribution < -0.4 is 5.73 Å². The summed E-state index contributed by atoms with van der Waals surface area (Å²) in [5.74, 6) is 0.0167. The lowest BCUT2D eigenvalue weighted by molar-refractivity contribution is 0.0282. The maximum absolute atomic E-state index is 12.4. The largest absolute Gasteiger partial charge is 0.445 e. The zero-order valence-corrected chi connectivity index (χ0v) is 16.3. The van der Waals surface area contributed by atoms with Gasteiger partial charge in [-0.25, -0.2) is 9.59 Å². The Morgan fingerprint density at radius 3 is 2.48 bits per heavy atom. The first-order chi connectivity index (χ1) is 12.7. The fourth-order valence-corrected chi connectivity index (χ4v) is 3.66. The summed E-state index contributed by atoms with van der Waals surface area (Å²) in [5, 5.41) is 0. The van der Waals surface area contributed by atoms with Crippen LogP contribution in [0.1, 0.15) is 32.8 Å². The number of amides is 2. The second kappa shape index (κ2) is 7.38. The van der Waals surface area contributed by atoms with E-state index >= 15 is 0 Å². The molecule has 1 aromatic rings. The van der Waals surface area contributed by atoms with Crippen molar-refractivity contribution in [3.8, 4) is 0 Å². The molecule has 1 aromatic carbocycles. The van der Waals surface area contributed by atoms with Gasteiger partial charge in [0, 0.05) is 37.6 Å².